The molecule has 0 aliphatic rings. The molecule has 0 aliphatic heterocycles. The van der Waals surface area contributed by atoms with Crippen molar-refractivity contribution in [3.05, 3.63) is 34.7 Å². The third-order valence-electron chi connectivity index (χ3n) is 1.87. The van der Waals surface area contributed by atoms with Gasteiger partial charge in [-0.3, -0.25) is 0 Å². The molecule has 86 valence electrons. The predicted molar refractivity (Wildman–Crippen MR) is 61.7 cm³/mol. The molecule has 5 heteroatoms. The smallest absolute Gasteiger partial charge is 0.161 e. The van der Waals surface area contributed by atoms with E-state index in [1.807, 2.05) is 31.2 Å². The molecule has 0 N–H and O–H groups in total. The highest BCUT2D eigenvalue weighted by molar-refractivity contribution is 5.39. The Hall–Kier alpha value is -1.87. The summed E-state index contributed by atoms with van der Waals surface area (Å²) >= 11 is 0. The lowest BCUT2D eigenvalue weighted by molar-refractivity contribution is 0.275. The molecule has 0 amide bonds. The number of azide groups is 1. The normalized spacial score (nSPS) is 9.31. The molecule has 0 bridgehead atoms. The van der Waals surface area contributed by atoms with E-state index in [0.717, 1.165) is 11.5 Å². The topological polar surface area (TPSA) is 67.2 Å². The van der Waals surface area contributed by atoms with E-state index in [1.165, 1.54) is 0 Å². The van der Waals surface area contributed by atoms with Crippen LogP contribution < -0.4 is 9.47 Å². The number of ether oxygens (including phenoxy) is 2. The lowest BCUT2D eigenvalue weighted by Crippen LogP contribution is -2.01. The van der Waals surface area contributed by atoms with Crippen molar-refractivity contribution in [1.29, 1.82) is 0 Å². The zero-order valence-electron chi connectivity index (χ0n) is 9.30. The zero-order valence-corrected chi connectivity index (χ0v) is 9.30. The van der Waals surface area contributed by atoms with Gasteiger partial charge in [0.05, 0.1) is 13.2 Å². The van der Waals surface area contributed by atoms with Crippen molar-refractivity contribution in [3.8, 4) is 11.5 Å². The number of benzene rings is 1. The number of rotatable bonds is 7. The van der Waals surface area contributed by atoms with Gasteiger partial charge in [0.15, 0.2) is 11.5 Å². The van der Waals surface area contributed by atoms with Crippen LogP contribution in [0.15, 0.2) is 29.4 Å². The zero-order chi connectivity index (χ0) is 11.6. The molecule has 5 nitrogen and oxygen atoms in total. The van der Waals surface area contributed by atoms with Crippen LogP contribution in [0.5, 0.6) is 11.5 Å². The molecule has 0 aromatic heterocycles. The van der Waals surface area contributed by atoms with Crippen LogP contribution in [0.2, 0.25) is 0 Å². The van der Waals surface area contributed by atoms with Crippen molar-refractivity contribution in [1.82, 2.24) is 0 Å². The molecular weight excluding hydrogens is 206 g/mol. The van der Waals surface area contributed by atoms with Gasteiger partial charge in [0, 0.05) is 11.5 Å². The van der Waals surface area contributed by atoms with E-state index >= 15 is 0 Å². The van der Waals surface area contributed by atoms with E-state index in [4.69, 9.17) is 15.0 Å². The number of hydrogen-bond donors (Lipinski definition) is 0. The average molecular weight is 221 g/mol. The first-order chi connectivity index (χ1) is 7.88. The van der Waals surface area contributed by atoms with Crippen LogP contribution in [0.25, 0.3) is 10.4 Å². The lowest BCUT2D eigenvalue weighted by Gasteiger charge is -2.10. The molecule has 1 aromatic rings. The fourth-order valence-electron chi connectivity index (χ4n) is 1.21. The van der Waals surface area contributed by atoms with Crippen molar-refractivity contribution in [2.75, 3.05) is 19.8 Å². The van der Waals surface area contributed by atoms with Crippen LogP contribution >= 0.6 is 0 Å². The summed E-state index contributed by atoms with van der Waals surface area (Å²) in [5, 5.41) is 3.43. The summed E-state index contributed by atoms with van der Waals surface area (Å²) in [5.74, 6) is 1.47. The van der Waals surface area contributed by atoms with Gasteiger partial charge in [-0.2, -0.15) is 0 Å². The maximum absolute atomic E-state index is 8.09. The molecule has 0 heterocycles. The maximum Gasteiger partial charge on any atom is 0.161 e. The molecule has 0 unspecified atom stereocenters. The molecule has 0 spiro atoms. The molecule has 0 saturated carbocycles. The van der Waals surface area contributed by atoms with E-state index in [1.54, 1.807) is 0 Å². The molecule has 16 heavy (non-hydrogen) atoms. The number of hydrogen-bond acceptors (Lipinski definition) is 3. The summed E-state index contributed by atoms with van der Waals surface area (Å²) in [6.07, 6.45) is 0.699. The highest BCUT2D eigenvalue weighted by Crippen LogP contribution is 2.26. The molecule has 0 aliphatic carbocycles. The van der Waals surface area contributed by atoms with Gasteiger partial charge >= 0.3 is 0 Å². The molecule has 1 aromatic carbocycles. The van der Waals surface area contributed by atoms with Crippen LogP contribution in [0.1, 0.15) is 13.3 Å². The van der Waals surface area contributed by atoms with E-state index in [9.17, 15) is 0 Å². The molecule has 0 saturated heterocycles. The Bertz CT molecular complexity index is 362. The van der Waals surface area contributed by atoms with Gasteiger partial charge in [-0.15, -0.1) is 0 Å². The highest BCUT2D eigenvalue weighted by atomic mass is 16.5. The van der Waals surface area contributed by atoms with Gasteiger partial charge in [-0.05, 0) is 31.0 Å². The van der Waals surface area contributed by atoms with Crippen molar-refractivity contribution in [2.24, 2.45) is 5.11 Å². The quantitative estimate of drug-likeness (QED) is 0.307. The Kier molecular flexibility index (Phi) is 5.66. The van der Waals surface area contributed by atoms with Crippen LogP contribution in [0, 0.1) is 0 Å². The molecule has 0 fully saturated rings. The average Bonchev–Trinajstić information content (AvgIpc) is 2.31. The lowest BCUT2D eigenvalue weighted by atomic mass is 10.3. The minimum Gasteiger partial charge on any atom is -0.490 e. The standard InChI is InChI=1S/C11H15N3O2/c1-2-15-10-6-3-4-7-11(10)16-9-5-8-13-14-12/h3-4,6-7H,2,5,8-9H2,1H3. The number of para-hydroxylation sites is 2. The fraction of sp³-hybridized carbons (Fsp3) is 0.455. The second-order valence-electron chi connectivity index (χ2n) is 3.04. The molecular formula is C11H15N3O2. The summed E-state index contributed by atoms with van der Waals surface area (Å²) in [6, 6.07) is 7.52. The first kappa shape index (κ1) is 12.2. The Balaban J connectivity index is 2.42. The summed E-state index contributed by atoms with van der Waals surface area (Å²) < 4.78 is 10.9. The fourth-order valence-corrected chi connectivity index (χ4v) is 1.21. The summed E-state index contributed by atoms with van der Waals surface area (Å²) in [7, 11) is 0. The SMILES string of the molecule is CCOc1ccccc1OCCCN=[N+]=[N-]. The largest absolute Gasteiger partial charge is 0.490 e. The summed E-state index contributed by atoms with van der Waals surface area (Å²) in [6.45, 7) is 3.51. The van der Waals surface area contributed by atoms with Gasteiger partial charge in [-0.25, -0.2) is 0 Å². The third kappa shape index (κ3) is 4.11. The molecule has 1 rings (SSSR count). The summed E-state index contributed by atoms with van der Waals surface area (Å²) in [5.41, 5.74) is 8.09. The van der Waals surface area contributed by atoms with Crippen molar-refractivity contribution in [3.63, 3.8) is 0 Å². The van der Waals surface area contributed by atoms with Crippen LogP contribution in [-0.2, 0) is 0 Å². The number of nitrogens with zero attached hydrogens (tertiary/aromatic N) is 3. The van der Waals surface area contributed by atoms with Gasteiger partial charge in [0.25, 0.3) is 0 Å². The van der Waals surface area contributed by atoms with Crippen LogP contribution in [0.4, 0.5) is 0 Å². The van der Waals surface area contributed by atoms with Crippen molar-refractivity contribution >= 4 is 0 Å². The monoisotopic (exact) mass is 221 g/mol. The first-order valence-electron chi connectivity index (χ1n) is 5.24. The van der Waals surface area contributed by atoms with E-state index in [0.29, 0.717) is 26.2 Å². The maximum atomic E-state index is 8.09. The van der Waals surface area contributed by atoms with Gasteiger partial charge in [-0.1, -0.05) is 17.2 Å². The second kappa shape index (κ2) is 7.43. The Labute approximate surface area is 94.6 Å². The van der Waals surface area contributed by atoms with Gasteiger partial charge in [0.2, 0.25) is 0 Å². The predicted octanol–water partition coefficient (Wildman–Crippen LogP) is 3.16. The van der Waals surface area contributed by atoms with E-state index < -0.39 is 0 Å². The third-order valence-corrected chi connectivity index (χ3v) is 1.87. The van der Waals surface area contributed by atoms with Crippen molar-refractivity contribution < 1.29 is 9.47 Å². The Morgan fingerprint density at radius 3 is 2.56 bits per heavy atom. The Morgan fingerprint density at radius 1 is 1.25 bits per heavy atom. The second-order valence-corrected chi connectivity index (χ2v) is 3.04. The van der Waals surface area contributed by atoms with Crippen LogP contribution in [0.3, 0.4) is 0 Å². The first-order valence-corrected chi connectivity index (χ1v) is 5.24. The molecule has 0 atom stereocenters. The van der Waals surface area contributed by atoms with Crippen LogP contribution in [-0.4, -0.2) is 19.8 Å². The Morgan fingerprint density at radius 2 is 1.94 bits per heavy atom. The van der Waals surface area contributed by atoms with Gasteiger partial charge in [0.1, 0.15) is 0 Å². The van der Waals surface area contributed by atoms with Crippen molar-refractivity contribution in [2.45, 2.75) is 13.3 Å². The summed E-state index contributed by atoms with van der Waals surface area (Å²) in [4.78, 5) is 2.67. The minimum atomic E-state index is 0.452. The minimum absolute atomic E-state index is 0.452. The van der Waals surface area contributed by atoms with Gasteiger partial charge < -0.3 is 9.47 Å². The highest BCUT2D eigenvalue weighted by Gasteiger charge is 2.02. The van der Waals surface area contributed by atoms with E-state index in [2.05, 4.69) is 10.0 Å². The van der Waals surface area contributed by atoms with E-state index in [-0.39, 0.29) is 0 Å². The molecule has 0 radical (unpaired) electrons.